The van der Waals surface area contributed by atoms with Crippen LogP contribution in [0.4, 0.5) is 5.69 Å². The quantitative estimate of drug-likeness (QED) is 0.730. The first kappa shape index (κ1) is 17.8. The maximum Gasteiger partial charge on any atom is 0.230 e. The molecule has 1 aromatic rings. The van der Waals surface area contributed by atoms with Crippen LogP contribution in [0.15, 0.2) is 29.2 Å². The van der Waals surface area contributed by atoms with Gasteiger partial charge < -0.3 is 10.1 Å². The van der Waals surface area contributed by atoms with Crippen LogP contribution in [0.5, 0.6) is 0 Å². The number of benzene rings is 1. The van der Waals surface area contributed by atoms with Gasteiger partial charge in [0.15, 0.2) is 0 Å². The summed E-state index contributed by atoms with van der Waals surface area (Å²) in [6, 6.07) is 7.73. The topological polar surface area (TPSA) is 38.3 Å². The molecule has 1 aliphatic carbocycles. The van der Waals surface area contributed by atoms with Gasteiger partial charge >= 0.3 is 0 Å². The predicted molar refractivity (Wildman–Crippen MR) is 101 cm³/mol. The first-order valence-electron chi connectivity index (χ1n) is 9.37. The maximum absolute atomic E-state index is 13.3. The largest absolute Gasteiger partial charge is 0.378 e. The fourth-order valence-electron chi connectivity index (χ4n) is 4.55. The molecule has 0 radical (unpaired) electrons. The highest BCUT2D eigenvalue weighted by atomic mass is 32.1. The van der Waals surface area contributed by atoms with Gasteiger partial charge in [-0.1, -0.05) is 31.9 Å². The molecule has 1 amide bonds. The SMILES string of the molecule is CCC1(C(=O)Nc2ccccc2S)CCCCC1CC1CCCO1. The van der Waals surface area contributed by atoms with Crippen molar-refractivity contribution in [3.8, 4) is 0 Å². The minimum Gasteiger partial charge on any atom is -0.378 e. The molecule has 132 valence electrons. The van der Waals surface area contributed by atoms with Crippen LogP contribution in [-0.2, 0) is 9.53 Å². The molecule has 3 nitrogen and oxygen atoms in total. The van der Waals surface area contributed by atoms with Gasteiger partial charge in [0, 0.05) is 11.5 Å². The van der Waals surface area contributed by atoms with Gasteiger partial charge in [-0.2, -0.15) is 0 Å². The molecule has 1 aliphatic heterocycles. The molecule has 3 rings (SSSR count). The molecule has 1 N–H and O–H groups in total. The van der Waals surface area contributed by atoms with Gasteiger partial charge in [-0.05, 0) is 56.6 Å². The highest BCUT2D eigenvalue weighted by molar-refractivity contribution is 7.80. The van der Waals surface area contributed by atoms with Crippen molar-refractivity contribution in [3.63, 3.8) is 0 Å². The molecule has 2 fully saturated rings. The Labute approximate surface area is 151 Å². The van der Waals surface area contributed by atoms with Crippen LogP contribution in [0.3, 0.4) is 0 Å². The second-order valence-electron chi connectivity index (χ2n) is 7.29. The molecule has 1 heterocycles. The van der Waals surface area contributed by atoms with Crippen LogP contribution >= 0.6 is 12.6 Å². The van der Waals surface area contributed by atoms with E-state index < -0.39 is 0 Å². The number of ether oxygens (including phenoxy) is 1. The molecule has 3 unspecified atom stereocenters. The third kappa shape index (κ3) is 3.65. The van der Waals surface area contributed by atoms with E-state index in [9.17, 15) is 4.79 Å². The second kappa shape index (κ2) is 7.92. The van der Waals surface area contributed by atoms with Crippen molar-refractivity contribution in [2.75, 3.05) is 11.9 Å². The first-order valence-corrected chi connectivity index (χ1v) is 9.81. The van der Waals surface area contributed by atoms with Crippen molar-refractivity contribution in [2.24, 2.45) is 11.3 Å². The molecule has 1 aromatic carbocycles. The Morgan fingerprint density at radius 1 is 1.29 bits per heavy atom. The van der Waals surface area contributed by atoms with Gasteiger partial charge in [0.05, 0.1) is 17.2 Å². The van der Waals surface area contributed by atoms with Crippen LogP contribution in [0.2, 0.25) is 0 Å². The molecule has 4 heteroatoms. The average molecular weight is 348 g/mol. The molecule has 0 aromatic heterocycles. The summed E-state index contributed by atoms with van der Waals surface area (Å²) in [7, 11) is 0. The first-order chi connectivity index (χ1) is 11.7. The van der Waals surface area contributed by atoms with Gasteiger partial charge in [-0.25, -0.2) is 0 Å². The third-order valence-corrected chi connectivity index (χ3v) is 6.40. The highest BCUT2D eigenvalue weighted by Gasteiger charge is 2.46. The Kier molecular flexibility index (Phi) is 5.88. The lowest BCUT2D eigenvalue weighted by Gasteiger charge is -2.43. The van der Waals surface area contributed by atoms with E-state index in [2.05, 4.69) is 24.9 Å². The van der Waals surface area contributed by atoms with E-state index in [1.54, 1.807) is 0 Å². The number of nitrogens with one attached hydrogen (secondary N) is 1. The smallest absolute Gasteiger partial charge is 0.230 e. The number of amides is 1. The third-order valence-electron chi connectivity index (χ3n) is 6.01. The minimum atomic E-state index is -0.264. The number of hydrogen-bond acceptors (Lipinski definition) is 3. The molecule has 0 bridgehead atoms. The van der Waals surface area contributed by atoms with Gasteiger partial charge in [-0.3, -0.25) is 4.79 Å². The lowest BCUT2D eigenvalue weighted by molar-refractivity contribution is -0.132. The lowest BCUT2D eigenvalue weighted by Crippen LogP contribution is -2.45. The Bertz CT molecular complexity index is 571. The summed E-state index contributed by atoms with van der Waals surface area (Å²) in [4.78, 5) is 14.1. The average Bonchev–Trinajstić information content (AvgIpc) is 3.10. The molecular formula is C20H29NO2S. The summed E-state index contributed by atoms with van der Waals surface area (Å²) in [6.07, 6.45) is 9.10. The van der Waals surface area contributed by atoms with Gasteiger partial charge in [0.1, 0.15) is 0 Å². The number of carbonyl (C=O) groups is 1. The normalized spacial score (nSPS) is 30.2. The maximum atomic E-state index is 13.3. The summed E-state index contributed by atoms with van der Waals surface area (Å²) < 4.78 is 5.87. The van der Waals surface area contributed by atoms with Crippen molar-refractivity contribution in [3.05, 3.63) is 24.3 Å². The van der Waals surface area contributed by atoms with Crippen molar-refractivity contribution >= 4 is 24.2 Å². The highest BCUT2D eigenvalue weighted by Crippen LogP contribution is 2.48. The minimum absolute atomic E-state index is 0.175. The Hall–Kier alpha value is -1.00. The second-order valence-corrected chi connectivity index (χ2v) is 7.78. The van der Waals surface area contributed by atoms with E-state index in [1.165, 1.54) is 6.42 Å². The number of thiol groups is 1. The van der Waals surface area contributed by atoms with Gasteiger partial charge in [-0.15, -0.1) is 12.6 Å². The zero-order valence-electron chi connectivity index (χ0n) is 14.6. The summed E-state index contributed by atoms with van der Waals surface area (Å²) in [5.41, 5.74) is 0.556. The molecule has 0 spiro atoms. The summed E-state index contributed by atoms with van der Waals surface area (Å²) in [6.45, 7) is 3.05. The molecule has 1 saturated heterocycles. The lowest BCUT2D eigenvalue weighted by atomic mass is 9.62. The fraction of sp³-hybridized carbons (Fsp3) is 0.650. The summed E-state index contributed by atoms with van der Waals surface area (Å²) >= 11 is 4.47. The Morgan fingerprint density at radius 3 is 2.83 bits per heavy atom. The van der Waals surface area contributed by atoms with E-state index >= 15 is 0 Å². The van der Waals surface area contributed by atoms with E-state index in [1.807, 2.05) is 24.3 Å². The van der Waals surface area contributed by atoms with Crippen LogP contribution in [0.25, 0.3) is 0 Å². The van der Waals surface area contributed by atoms with Crippen molar-refractivity contribution < 1.29 is 9.53 Å². The van der Waals surface area contributed by atoms with Gasteiger partial charge in [0.2, 0.25) is 5.91 Å². The van der Waals surface area contributed by atoms with Crippen molar-refractivity contribution in [1.29, 1.82) is 0 Å². The Morgan fingerprint density at radius 2 is 2.12 bits per heavy atom. The van der Waals surface area contributed by atoms with Crippen molar-refractivity contribution in [1.82, 2.24) is 0 Å². The van der Waals surface area contributed by atoms with Crippen LogP contribution in [0.1, 0.15) is 58.3 Å². The van der Waals surface area contributed by atoms with Gasteiger partial charge in [0.25, 0.3) is 0 Å². The van der Waals surface area contributed by atoms with Crippen LogP contribution in [-0.4, -0.2) is 18.6 Å². The number of anilines is 1. The number of para-hydroxylation sites is 1. The molecule has 24 heavy (non-hydrogen) atoms. The van der Waals surface area contributed by atoms with Crippen LogP contribution in [0, 0.1) is 11.3 Å². The molecule has 3 atom stereocenters. The molecular weight excluding hydrogens is 318 g/mol. The molecule has 1 saturated carbocycles. The predicted octanol–water partition coefficient (Wildman–Crippen LogP) is 5.07. The zero-order valence-corrected chi connectivity index (χ0v) is 15.5. The number of rotatable bonds is 5. The molecule has 2 aliphatic rings. The van der Waals surface area contributed by atoms with Crippen LogP contribution < -0.4 is 5.32 Å². The van der Waals surface area contributed by atoms with E-state index in [-0.39, 0.29) is 11.3 Å². The fourth-order valence-corrected chi connectivity index (χ4v) is 4.77. The number of hydrogen-bond donors (Lipinski definition) is 2. The Balaban J connectivity index is 1.78. The standard InChI is InChI=1S/C20H29NO2S/c1-2-20(19(22)21-17-10-3-4-11-18(17)24)12-6-5-8-15(20)14-16-9-7-13-23-16/h3-4,10-11,15-16,24H,2,5-9,12-14H2,1H3,(H,21,22). The monoisotopic (exact) mass is 347 g/mol. The van der Waals surface area contributed by atoms with E-state index in [4.69, 9.17) is 4.74 Å². The number of carbonyl (C=O) groups excluding carboxylic acids is 1. The summed E-state index contributed by atoms with van der Waals surface area (Å²) in [5.74, 6) is 0.598. The van der Waals surface area contributed by atoms with Crippen molar-refractivity contribution in [2.45, 2.75) is 69.3 Å². The van der Waals surface area contributed by atoms with E-state index in [0.29, 0.717) is 12.0 Å². The summed E-state index contributed by atoms with van der Waals surface area (Å²) in [5, 5.41) is 3.17. The zero-order chi connectivity index (χ0) is 17.0. The van der Waals surface area contributed by atoms with E-state index in [0.717, 1.165) is 62.1 Å².